The first-order valence-electron chi connectivity index (χ1n) is 9.79. The van der Waals surface area contributed by atoms with Crippen molar-refractivity contribution >= 4 is 28.1 Å². The van der Waals surface area contributed by atoms with Crippen LogP contribution in [0.15, 0.2) is 49.2 Å². The fourth-order valence-electron chi connectivity index (χ4n) is 3.19. The normalized spacial score (nSPS) is 11.4. The molecule has 154 valence electrons. The predicted octanol–water partition coefficient (Wildman–Crippen LogP) is 3.92. The Bertz CT molecular complexity index is 894. The number of amides is 1. The van der Waals surface area contributed by atoms with Crippen molar-refractivity contribution in [2.45, 2.75) is 39.8 Å². The molecule has 0 saturated carbocycles. The van der Waals surface area contributed by atoms with Crippen molar-refractivity contribution in [3.63, 3.8) is 0 Å². The average Bonchev–Trinajstić information content (AvgIpc) is 3.37. The highest BCUT2D eigenvalue weighted by atomic mass is 32.1. The molecule has 0 aliphatic rings. The molecule has 2 heterocycles. The van der Waals surface area contributed by atoms with Crippen LogP contribution in [-0.4, -0.2) is 50.5 Å². The Morgan fingerprint density at radius 1 is 1.17 bits per heavy atom. The fraction of sp³-hybridized carbons (Fsp3) is 0.381. The summed E-state index contributed by atoms with van der Waals surface area (Å²) >= 11 is 1.35. The molecule has 3 rings (SSSR count). The highest BCUT2D eigenvalue weighted by molar-refractivity contribution is 7.17. The second kappa shape index (κ2) is 9.67. The van der Waals surface area contributed by atoms with Gasteiger partial charge in [0.15, 0.2) is 5.13 Å². The number of imidazole rings is 1. The minimum absolute atomic E-state index is 0.0848. The van der Waals surface area contributed by atoms with Gasteiger partial charge in [0.1, 0.15) is 4.88 Å². The van der Waals surface area contributed by atoms with Crippen molar-refractivity contribution in [3.05, 3.63) is 54.1 Å². The lowest BCUT2D eigenvalue weighted by molar-refractivity contribution is 0.0943. The summed E-state index contributed by atoms with van der Waals surface area (Å²) in [5.74, 6) is -0.0848. The average molecular weight is 413 g/mol. The second-order valence-electron chi connectivity index (χ2n) is 7.35. The van der Waals surface area contributed by atoms with Crippen molar-refractivity contribution in [3.8, 4) is 5.69 Å². The van der Waals surface area contributed by atoms with E-state index in [9.17, 15) is 4.79 Å². The molecule has 7 nitrogen and oxygen atoms in total. The zero-order valence-corrected chi connectivity index (χ0v) is 18.1. The van der Waals surface area contributed by atoms with Crippen LogP contribution in [0.25, 0.3) is 5.69 Å². The van der Waals surface area contributed by atoms with E-state index in [1.54, 1.807) is 18.7 Å². The number of benzene rings is 1. The smallest absolute Gasteiger partial charge is 0.263 e. The van der Waals surface area contributed by atoms with Crippen LogP contribution in [0.1, 0.15) is 37.4 Å². The van der Waals surface area contributed by atoms with E-state index in [1.165, 1.54) is 11.3 Å². The molecule has 3 aromatic rings. The summed E-state index contributed by atoms with van der Waals surface area (Å²) in [7, 11) is 0. The number of aromatic nitrogens is 3. The molecular formula is C21H28N6OS. The Labute approximate surface area is 175 Å². The molecule has 0 bridgehead atoms. The van der Waals surface area contributed by atoms with Gasteiger partial charge in [-0.25, -0.2) is 9.97 Å². The van der Waals surface area contributed by atoms with Crippen LogP contribution in [0.4, 0.5) is 10.8 Å². The van der Waals surface area contributed by atoms with E-state index in [1.807, 2.05) is 35.0 Å². The monoisotopic (exact) mass is 412 g/mol. The minimum Gasteiger partial charge on any atom is -0.350 e. The molecule has 0 unspecified atom stereocenters. The van der Waals surface area contributed by atoms with Crippen LogP contribution < -0.4 is 10.6 Å². The topological polar surface area (TPSA) is 75.1 Å². The molecule has 1 amide bonds. The van der Waals surface area contributed by atoms with Crippen LogP contribution >= 0.6 is 11.3 Å². The third-order valence-corrected chi connectivity index (χ3v) is 5.54. The Morgan fingerprint density at radius 3 is 2.52 bits per heavy atom. The number of nitrogens with zero attached hydrogens (tertiary/aromatic N) is 4. The van der Waals surface area contributed by atoms with Gasteiger partial charge in [0.05, 0.1) is 12.5 Å². The van der Waals surface area contributed by atoms with E-state index in [0.29, 0.717) is 28.6 Å². The molecular weight excluding hydrogens is 384 g/mol. The summed E-state index contributed by atoms with van der Waals surface area (Å²) in [6, 6.07) is 8.85. The molecule has 0 spiro atoms. The second-order valence-corrected chi connectivity index (χ2v) is 8.38. The maximum atomic E-state index is 12.4. The van der Waals surface area contributed by atoms with Gasteiger partial charge in [-0.2, -0.15) is 0 Å². The summed E-state index contributed by atoms with van der Waals surface area (Å²) in [4.78, 5) is 23.7. The third kappa shape index (κ3) is 5.65. The van der Waals surface area contributed by atoms with Crippen molar-refractivity contribution in [1.82, 2.24) is 24.8 Å². The maximum Gasteiger partial charge on any atom is 0.263 e. The maximum absolute atomic E-state index is 12.4. The molecule has 29 heavy (non-hydrogen) atoms. The van der Waals surface area contributed by atoms with Gasteiger partial charge in [-0.15, -0.1) is 0 Å². The van der Waals surface area contributed by atoms with Crippen molar-refractivity contribution in [2.24, 2.45) is 0 Å². The van der Waals surface area contributed by atoms with Gasteiger partial charge in [-0.3, -0.25) is 9.69 Å². The SMILES string of the molecule is CC(C)N(CCNC(=O)c1cnc(Nc2ccc(-n3ccnc3)cc2)s1)C(C)C. The predicted molar refractivity (Wildman–Crippen MR) is 118 cm³/mol. The van der Waals surface area contributed by atoms with Crippen LogP contribution in [0, 0.1) is 0 Å². The highest BCUT2D eigenvalue weighted by Gasteiger charge is 2.15. The Hall–Kier alpha value is -2.71. The molecule has 0 saturated heterocycles. The lowest BCUT2D eigenvalue weighted by atomic mass is 10.2. The number of nitrogens with one attached hydrogen (secondary N) is 2. The van der Waals surface area contributed by atoms with Gasteiger partial charge in [-0.05, 0) is 52.0 Å². The molecule has 0 aliphatic carbocycles. The number of anilines is 2. The summed E-state index contributed by atoms with van der Waals surface area (Å²) < 4.78 is 1.94. The van der Waals surface area contributed by atoms with Crippen LogP contribution in [0.3, 0.4) is 0 Å². The lowest BCUT2D eigenvalue weighted by Crippen LogP contribution is -2.42. The largest absolute Gasteiger partial charge is 0.350 e. The Morgan fingerprint density at radius 2 is 1.90 bits per heavy atom. The van der Waals surface area contributed by atoms with Crippen LogP contribution in [0.2, 0.25) is 0 Å². The molecule has 0 radical (unpaired) electrons. The molecule has 2 aromatic heterocycles. The molecule has 0 aliphatic heterocycles. The number of hydrogen-bond donors (Lipinski definition) is 2. The minimum atomic E-state index is -0.0848. The summed E-state index contributed by atoms with van der Waals surface area (Å²) in [6.07, 6.45) is 7.02. The van der Waals surface area contributed by atoms with Gasteiger partial charge in [0.25, 0.3) is 5.91 Å². The number of rotatable bonds is 9. The first-order chi connectivity index (χ1) is 13.9. The Balaban J connectivity index is 1.53. The van der Waals surface area contributed by atoms with Crippen molar-refractivity contribution in [2.75, 3.05) is 18.4 Å². The molecule has 8 heteroatoms. The zero-order valence-electron chi connectivity index (χ0n) is 17.3. The fourth-order valence-corrected chi connectivity index (χ4v) is 3.94. The highest BCUT2D eigenvalue weighted by Crippen LogP contribution is 2.23. The number of carbonyl (C=O) groups is 1. The first kappa shape index (κ1) is 21.0. The number of carbonyl (C=O) groups excluding carboxylic acids is 1. The first-order valence-corrected chi connectivity index (χ1v) is 10.6. The Kier molecular flexibility index (Phi) is 7.00. The van der Waals surface area contributed by atoms with E-state index < -0.39 is 0 Å². The zero-order chi connectivity index (χ0) is 20.8. The van der Waals surface area contributed by atoms with Crippen LogP contribution in [0.5, 0.6) is 0 Å². The summed E-state index contributed by atoms with van der Waals surface area (Å²) in [6.45, 7) is 10.1. The molecule has 0 fully saturated rings. The number of hydrogen-bond acceptors (Lipinski definition) is 6. The van der Waals surface area contributed by atoms with E-state index in [2.05, 4.69) is 53.2 Å². The van der Waals surface area contributed by atoms with Crippen LogP contribution in [-0.2, 0) is 0 Å². The summed E-state index contributed by atoms with van der Waals surface area (Å²) in [5, 5.41) is 6.93. The van der Waals surface area contributed by atoms with Gasteiger partial charge >= 0.3 is 0 Å². The lowest BCUT2D eigenvalue weighted by Gasteiger charge is -2.30. The van der Waals surface area contributed by atoms with Gasteiger partial charge < -0.3 is 15.2 Å². The van der Waals surface area contributed by atoms with E-state index in [4.69, 9.17) is 0 Å². The van der Waals surface area contributed by atoms with E-state index >= 15 is 0 Å². The van der Waals surface area contributed by atoms with Crippen molar-refractivity contribution in [1.29, 1.82) is 0 Å². The third-order valence-electron chi connectivity index (χ3n) is 4.63. The quantitative estimate of drug-likeness (QED) is 0.557. The van der Waals surface area contributed by atoms with Crippen molar-refractivity contribution < 1.29 is 4.79 Å². The standard InChI is InChI=1S/C21H28N6OS/c1-15(2)27(16(3)4)12-10-23-20(28)19-13-24-21(29-19)25-17-5-7-18(8-6-17)26-11-9-22-14-26/h5-9,11,13-16H,10,12H2,1-4H3,(H,23,28)(H,24,25). The van der Waals surface area contributed by atoms with E-state index in [0.717, 1.165) is 17.9 Å². The molecule has 0 atom stereocenters. The van der Waals surface area contributed by atoms with E-state index in [-0.39, 0.29) is 5.91 Å². The molecule has 1 aromatic carbocycles. The van der Waals surface area contributed by atoms with Gasteiger partial charge in [0.2, 0.25) is 0 Å². The van der Waals surface area contributed by atoms with Gasteiger partial charge in [0, 0.05) is 48.9 Å². The summed E-state index contributed by atoms with van der Waals surface area (Å²) in [5.41, 5.74) is 1.95. The molecule has 2 N–H and O–H groups in total. The van der Waals surface area contributed by atoms with Gasteiger partial charge in [-0.1, -0.05) is 11.3 Å². The number of thiazole rings is 1.